The molecule has 0 saturated carbocycles. The summed E-state index contributed by atoms with van der Waals surface area (Å²) < 4.78 is 5.76. The summed E-state index contributed by atoms with van der Waals surface area (Å²) in [4.78, 5) is 21.2. The van der Waals surface area contributed by atoms with Crippen LogP contribution in [0.4, 0.5) is 0 Å². The van der Waals surface area contributed by atoms with Crippen molar-refractivity contribution in [1.29, 1.82) is 0 Å². The maximum absolute atomic E-state index is 12.8. The maximum Gasteiger partial charge on any atom is 0.260 e. The van der Waals surface area contributed by atoms with Gasteiger partial charge in [-0.05, 0) is 42.5 Å². The highest BCUT2D eigenvalue weighted by atomic mass is 32.2. The van der Waals surface area contributed by atoms with Gasteiger partial charge in [-0.25, -0.2) is 4.98 Å². The fourth-order valence-corrected chi connectivity index (χ4v) is 5.09. The molecule has 0 fully saturated rings. The van der Waals surface area contributed by atoms with Gasteiger partial charge in [0, 0.05) is 16.7 Å². The van der Waals surface area contributed by atoms with Gasteiger partial charge >= 0.3 is 0 Å². The third-order valence-corrected chi connectivity index (χ3v) is 6.96. The van der Waals surface area contributed by atoms with E-state index < -0.39 is 0 Å². The average Bonchev–Trinajstić information content (AvgIpc) is 3.19. The number of benzene rings is 2. The minimum atomic E-state index is -0.0763. The van der Waals surface area contributed by atoms with E-state index in [-0.39, 0.29) is 5.56 Å². The SMILES string of the molecule is Cc1ccc(OCCCSc2nc3scc(-c4ccc(C(C)C)cc4)c3c(=O)[nH]2)cc1. The van der Waals surface area contributed by atoms with Gasteiger partial charge in [-0.1, -0.05) is 67.6 Å². The molecule has 0 aliphatic heterocycles. The van der Waals surface area contributed by atoms with Crippen molar-refractivity contribution in [2.24, 2.45) is 0 Å². The maximum atomic E-state index is 12.8. The normalized spacial score (nSPS) is 11.4. The van der Waals surface area contributed by atoms with Crippen LogP contribution < -0.4 is 10.3 Å². The number of ether oxygens (including phenoxy) is 1. The van der Waals surface area contributed by atoms with Crippen molar-refractivity contribution in [3.05, 3.63) is 75.4 Å². The summed E-state index contributed by atoms with van der Waals surface area (Å²) in [5, 5.41) is 3.37. The Hall–Kier alpha value is -2.57. The first-order valence-corrected chi connectivity index (χ1v) is 12.3. The summed E-state index contributed by atoms with van der Waals surface area (Å²) in [7, 11) is 0. The first-order valence-electron chi connectivity index (χ1n) is 10.5. The lowest BCUT2D eigenvalue weighted by molar-refractivity contribution is 0.318. The van der Waals surface area contributed by atoms with Crippen LogP contribution in [0.2, 0.25) is 0 Å². The van der Waals surface area contributed by atoms with Crippen LogP contribution in [0.15, 0.2) is 63.9 Å². The van der Waals surface area contributed by atoms with E-state index in [1.165, 1.54) is 22.5 Å². The van der Waals surface area contributed by atoms with E-state index >= 15 is 0 Å². The quantitative estimate of drug-likeness (QED) is 0.186. The van der Waals surface area contributed by atoms with Crippen LogP contribution in [-0.2, 0) is 0 Å². The fraction of sp³-hybridized carbons (Fsp3) is 0.280. The second-order valence-corrected chi connectivity index (χ2v) is 9.78. The molecule has 0 spiro atoms. The number of aromatic nitrogens is 2. The molecule has 6 heteroatoms. The first kappa shape index (κ1) is 21.7. The number of nitrogens with one attached hydrogen (secondary N) is 1. The summed E-state index contributed by atoms with van der Waals surface area (Å²) in [6.45, 7) is 7.05. The van der Waals surface area contributed by atoms with Crippen LogP contribution in [0.1, 0.15) is 37.3 Å². The Labute approximate surface area is 190 Å². The Morgan fingerprint density at radius 2 is 1.84 bits per heavy atom. The van der Waals surface area contributed by atoms with Crippen molar-refractivity contribution in [2.75, 3.05) is 12.4 Å². The van der Waals surface area contributed by atoms with Gasteiger partial charge in [0.05, 0.1) is 12.0 Å². The summed E-state index contributed by atoms with van der Waals surface area (Å²) in [6, 6.07) is 16.5. The Bertz CT molecular complexity index is 1210. The zero-order valence-electron chi connectivity index (χ0n) is 18.0. The number of aryl methyl sites for hydroxylation is 1. The van der Waals surface area contributed by atoms with Crippen LogP contribution in [-0.4, -0.2) is 22.3 Å². The predicted molar refractivity (Wildman–Crippen MR) is 132 cm³/mol. The zero-order chi connectivity index (χ0) is 21.8. The first-order chi connectivity index (χ1) is 15.0. The molecule has 0 radical (unpaired) electrons. The van der Waals surface area contributed by atoms with Gasteiger partial charge in [-0.3, -0.25) is 4.79 Å². The van der Waals surface area contributed by atoms with Gasteiger partial charge < -0.3 is 9.72 Å². The molecule has 4 nitrogen and oxygen atoms in total. The predicted octanol–water partition coefficient (Wildman–Crippen LogP) is 6.64. The summed E-state index contributed by atoms with van der Waals surface area (Å²) in [5.74, 6) is 2.20. The van der Waals surface area contributed by atoms with Crippen LogP contribution in [0, 0.1) is 6.92 Å². The smallest absolute Gasteiger partial charge is 0.260 e. The molecule has 0 aliphatic rings. The van der Waals surface area contributed by atoms with Crippen LogP contribution in [0.5, 0.6) is 5.75 Å². The Morgan fingerprint density at radius 3 is 2.55 bits per heavy atom. The molecule has 31 heavy (non-hydrogen) atoms. The lowest BCUT2D eigenvalue weighted by Gasteiger charge is -2.07. The van der Waals surface area contributed by atoms with Crippen LogP contribution >= 0.6 is 23.1 Å². The van der Waals surface area contributed by atoms with E-state index in [2.05, 4.69) is 55.0 Å². The number of thioether (sulfide) groups is 1. The molecule has 2 aromatic carbocycles. The van der Waals surface area contributed by atoms with Crippen molar-refractivity contribution in [3.63, 3.8) is 0 Å². The van der Waals surface area contributed by atoms with Crippen molar-refractivity contribution in [1.82, 2.24) is 9.97 Å². The summed E-state index contributed by atoms with van der Waals surface area (Å²) >= 11 is 3.08. The van der Waals surface area contributed by atoms with E-state index in [9.17, 15) is 4.79 Å². The molecule has 0 bridgehead atoms. The minimum Gasteiger partial charge on any atom is -0.494 e. The van der Waals surface area contributed by atoms with Gasteiger partial charge in [-0.15, -0.1) is 11.3 Å². The number of thiophene rings is 1. The fourth-order valence-electron chi connectivity index (χ4n) is 3.31. The van der Waals surface area contributed by atoms with Gasteiger partial charge in [0.15, 0.2) is 5.16 Å². The molecular formula is C25H26N2O2S2. The van der Waals surface area contributed by atoms with Gasteiger partial charge in [0.1, 0.15) is 10.6 Å². The third-order valence-electron chi connectivity index (χ3n) is 5.13. The van der Waals surface area contributed by atoms with Crippen LogP contribution in [0.25, 0.3) is 21.3 Å². The molecule has 4 aromatic rings. The summed E-state index contributed by atoms with van der Waals surface area (Å²) in [6.07, 6.45) is 0.873. The molecule has 4 rings (SSSR count). The Morgan fingerprint density at radius 1 is 1.10 bits per heavy atom. The Balaban J connectivity index is 1.40. The molecule has 0 aliphatic carbocycles. The van der Waals surface area contributed by atoms with E-state index in [4.69, 9.17) is 4.74 Å². The molecule has 0 unspecified atom stereocenters. The highest BCUT2D eigenvalue weighted by Crippen LogP contribution is 2.32. The lowest BCUT2D eigenvalue weighted by Crippen LogP contribution is -2.09. The number of rotatable bonds is 8. The zero-order valence-corrected chi connectivity index (χ0v) is 19.6. The third kappa shape index (κ3) is 5.20. The molecule has 2 heterocycles. The standard InChI is InChI=1S/C25H26N2O2S2/c1-16(2)18-7-9-19(10-8-18)21-15-31-24-22(21)23(28)26-25(27-24)30-14-4-13-29-20-11-5-17(3)6-12-20/h5-12,15-16H,4,13-14H2,1-3H3,(H,26,27,28). The second-order valence-electron chi connectivity index (χ2n) is 7.84. The molecule has 2 aromatic heterocycles. The largest absolute Gasteiger partial charge is 0.494 e. The van der Waals surface area contributed by atoms with E-state index in [0.717, 1.165) is 33.9 Å². The van der Waals surface area contributed by atoms with E-state index in [1.54, 1.807) is 11.8 Å². The van der Waals surface area contributed by atoms with Crippen molar-refractivity contribution in [3.8, 4) is 16.9 Å². The highest BCUT2D eigenvalue weighted by molar-refractivity contribution is 7.99. The van der Waals surface area contributed by atoms with E-state index in [1.807, 2.05) is 29.6 Å². The van der Waals surface area contributed by atoms with Gasteiger partial charge in [0.2, 0.25) is 0 Å². The monoisotopic (exact) mass is 450 g/mol. The Kier molecular flexibility index (Phi) is 6.78. The number of nitrogens with zero attached hydrogens (tertiary/aromatic N) is 1. The number of hydrogen-bond donors (Lipinski definition) is 1. The van der Waals surface area contributed by atoms with Gasteiger partial charge in [0.25, 0.3) is 5.56 Å². The van der Waals surface area contributed by atoms with Crippen molar-refractivity contribution < 1.29 is 4.74 Å². The number of hydrogen-bond acceptors (Lipinski definition) is 5. The molecule has 1 N–H and O–H groups in total. The topological polar surface area (TPSA) is 55.0 Å². The number of fused-ring (bicyclic) bond motifs is 1. The average molecular weight is 451 g/mol. The minimum absolute atomic E-state index is 0.0763. The molecule has 160 valence electrons. The number of H-pyrrole nitrogens is 1. The lowest BCUT2D eigenvalue weighted by atomic mass is 9.99. The summed E-state index contributed by atoms with van der Waals surface area (Å²) in [5.41, 5.74) is 4.44. The second kappa shape index (κ2) is 9.71. The molecule has 0 amide bonds. The molecule has 0 saturated heterocycles. The van der Waals surface area contributed by atoms with E-state index in [0.29, 0.717) is 23.1 Å². The molecular weight excluding hydrogens is 424 g/mol. The molecule has 0 atom stereocenters. The van der Waals surface area contributed by atoms with Crippen molar-refractivity contribution in [2.45, 2.75) is 38.3 Å². The highest BCUT2D eigenvalue weighted by Gasteiger charge is 2.13. The van der Waals surface area contributed by atoms with Gasteiger partial charge in [-0.2, -0.15) is 0 Å². The number of aromatic amines is 1. The van der Waals surface area contributed by atoms with Crippen molar-refractivity contribution >= 4 is 33.3 Å². The van der Waals surface area contributed by atoms with Crippen LogP contribution in [0.3, 0.4) is 0 Å².